The van der Waals surface area contributed by atoms with Gasteiger partial charge in [0, 0.05) is 16.6 Å². The molecule has 0 saturated carbocycles. The summed E-state index contributed by atoms with van der Waals surface area (Å²) in [7, 11) is 0. The molecule has 0 amide bonds. The summed E-state index contributed by atoms with van der Waals surface area (Å²) in [6, 6.07) is 6.86. The van der Waals surface area contributed by atoms with Crippen LogP contribution in [-0.4, -0.2) is 4.98 Å². The van der Waals surface area contributed by atoms with Crippen molar-refractivity contribution < 1.29 is 0 Å². The van der Waals surface area contributed by atoms with Crippen LogP contribution >= 0.6 is 0 Å². The van der Waals surface area contributed by atoms with Crippen LogP contribution in [-0.2, 0) is 12.8 Å². The summed E-state index contributed by atoms with van der Waals surface area (Å²) in [5, 5.41) is 1.47. The van der Waals surface area contributed by atoms with Gasteiger partial charge in [0.05, 0.1) is 0 Å². The molecule has 0 unspecified atom stereocenters. The average Bonchev–Trinajstić information content (AvgIpc) is 2.75. The van der Waals surface area contributed by atoms with Gasteiger partial charge in [0.2, 0.25) is 0 Å². The highest BCUT2D eigenvalue weighted by molar-refractivity contribution is 5.86. The first kappa shape index (κ1) is 9.02. The molecule has 15 heavy (non-hydrogen) atoms. The quantitative estimate of drug-likeness (QED) is 0.719. The number of benzene rings is 1. The number of aromatic nitrogens is 1. The van der Waals surface area contributed by atoms with Crippen molar-refractivity contribution in [2.75, 3.05) is 0 Å². The summed E-state index contributed by atoms with van der Waals surface area (Å²) in [6.07, 6.45) is 3.82. The van der Waals surface area contributed by atoms with Crippen LogP contribution < -0.4 is 0 Å². The Morgan fingerprint density at radius 2 is 2.07 bits per heavy atom. The van der Waals surface area contributed by atoms with Crippen LogP contribution in [0.1, 0.15) is 43.0 Å². The predicted octanol–water partition coefficient (Wildman–Crippen LogP) is 3.78. The Labute approximate surface area is 90.5 Å². The third-order valence-electron chi connectivity index (χ3n) is 3.54. The van der Waals surface area contributed by atoms with E-state index in [1.54, 1.807) is 5.56 Å². The van der Waals surface area contributed by atoms with Gasteiger partial charge in [-0.3, -0.25) is 0 Å². The van der Waals surface area contributed by atoms with Crippen LogP contribution in [0, 0.1) is 0 Å². The van der Waals surface area contributed by atoms with Crippen molar-refractivity contribution >= 4 is 10.9 Å². The van der Waals surface area contributed by atoms with Crippen LogP contribution in [0.5, 0.6) is 0 Å². The predicted molar refractivity (Wildman–Crippen MR) is 64.4 cm³/mol. The van der Waals surface area contributed by atoms with Crippen LogP contribution in [0.15, 0.2) is 18.2 Å². The van der Waals surface area contributed by atoms with E-state index >= 15 is 0 Å². The van der Waals surface area contributed by atoms with E-state index in [2.05, 4.69) is 37.0 Å². The second-order valence-corrected chi connectivity index (χ2v) is 4.90. The Hall–Kier alpha value is -1.24. The molecule has 0 saturated heterocycles. The first-order chi connectivity index (χ1) is 7.25. The van der Waals surface area contributed by atoms with Crippen molar-refractivity contribution in [1.82, 2.24) is 4.98 Å². The normalized spacial score (nSPS) is 15.1. The lowest BCUT2D eigenvalue weighted by molar-refractivity contribution is 0.867. The van der Waals surface area contributed by atoms with E-state index in [0.29, 0.717) is 5.92 Å². The summed E-state index contributed by atoms with van der Waals surface area (Å²) in [4.78, 5) is 3.54. The summed E-state index contributed by atoms with van der Waals surface area (Å²) in [6.45, 7) is 4.52. The van der Waals surface area contributed by atoms with Gasteiger partial charge in [-0.1, -0.05) is 19.9 Å². The van der Waals surface area contributed by atoms with Gasteiger partial charge >= 0.3 is 0 Å². The molecule has 78 valence electrons. The van der Waals surface area contributed by atoms with E-state index in [4.69, 9.17) is 0 Å². The standard InChI is InChI=1S/C14H17N/c1-9(2)10-6-7-14-12(8-10)11-4-3-5-13(11)15-14/h6-9,15H,3-5H2,1-2H3. The third-order valence-corrected chi connectivity index (χ3v) is 3.54. The maximum Gasteiger partial charge on any atom is 0.0459 e. The molecule has 3 rings (SSSR count). The van der Waals surface area contributed by atoms with Crippen LogP contribution in [0.3, 0.4) is 0 Å². The molecule has 0 bridgehead atoms. The highest BCUT2D eigenvalue weighted by Crippen LogP contribution is 2.31. The van der Waals surface area contributed by atoms with Gasteiger partial charge in [0.25, 0.3) is 0 Å². The van der Waals surface area contributed by atoms with E-state index in [-0.39, 0.29) is 0 Å². The van der Waals surface area contributed by atoms with E-state index in [0.717, 1.165) is 0 Å². The zero-order chi connectivity index (χ0) is 10.4. The van der Waals surface area contributed by atoms with Crippen LogP contribution in [0.4, 0.5) is 0 Å². The minimum Gasteiger partial charge on any atom is -0.358 e. The largest absolute Gasteiger partial charge is 0.358 e. The minimum absolute atomic E-state index is 0.626. The second-order valence-electron chi connectivity index (χ2n) is 4.90. The Morgan fingerprint density at radius 1 is 1.20 bits per heavy atom. The van der Waals surface area contributed by atoms with Crippen LogP contribution in [0.2, 0.25) is 0 Å². The molecule has 0 fully saturated rings. The number of aryl methyl sites for hydroxylation is 2. The molecular formula is C14H17N. The average molecular weight is 199 g/mol. The highest BCUT2D eigenvalue weighted by Gasteiger charge is 2.16. The molecule has 1 heteroatoms. The first-order valence-electron chi connectivity index (χ1n) is 5.89. The lowest BCUT2D eigenvalue weighted by Crippen LogP contribution is -1.86. The smallest absolute Gasteiger partial charge is 0.0459 e. The molecule has 0 radical (unpaired) electrons. The zero-order valence-corrected chi connectivity index (χ0v) is 9.43. The van der Waals surface area contributed by atoms with Gasteiger partial charge in [0.1, 0.15) is 0 Å². The lowest BCUT2D eigenvalue weighted by Gasteiger charge is -2.05. The molecule has 1 aliphatic rings. The third kappa shape index (κ3) is 1.30. The molecule has 1 N–H and O–H groups in total. The first-order valence-corrected chi connectivity index (χ1v) is 5.89. The maximum atomic E-state index is 3.54. The van der Waals surface area contributed by atoms with E-state index in [9.17, 15) is 0 Å². The fourth-order valence-electron chi connectivity index (χ4n) is 2.62. The number of hydrogen-bond donors (Lipinski definition) is 1. The number of H-pyrrole nitrogens is 1. The number of fused-ring (bicyclic) bond motifs is 3. The van der Waals surface area contributed by atoms with Gasteiger partial charge in [-0.05, 0) is 48.4 Å². The molecule has 2 aromatic rings. The van der Waals surface area contributed by atoms with Gasteiger partial charge in [-0.15, -0.1) is 0 Å². The van der Waals surface area contributed by atoms with Crippen molar-refractivity contribution in [3.8, 4) is 0 Å². The molecule has 1 heterocycles. The van der Waals surface area contributed by atoms with Gasteiger partial charge < -0.3 is 4.98 Å². The van der Waals surface area contributed by atoms with E-state index in [1.165, 1.54) is 41.4 Å². The molecule has 1 aromatic carbocycles. The zero-order valence-electron chi connectivity index (χ0n) is 9.43. The molecule has 1 nitrogen and oxygen atoms in total. The number of nitrogens with one attached hydrogen (secondary N) is 1. The second kappa shape index (κ2) is 3.13. The SMILES string of the molecule is CC(C)c1ccc2[nH]c3c(c2c1)CCC3. The summed E-state index contributed by atoms with van der Waals surface area (Å²) in [5.41, 5.74) is 5.83. The molecular weight excluding hydrogens is 182 g/mol. The van der Waals surface area contributed by atoms with Crippen LogP contribution in [0.25, 0.3) is 10.9 Å². The fourth-order valence-corrected chi connectivity index (χ4v) is 2.62. The summed E-state index contributed by atoms with van der Waals surface area (Å²) < 4.78 is 0. The van der Waals surface area contributed by atoms with E-state index in [1.807, 2.05) is 0 Å². The molecule has 1 aromatic heterocycles. The number of rotatable bonds is 1. The molecule has 0 atom stereocenters. The highest BCUT2D eigenvalue weighted by atomic mass is 14.7. The summed E-state index contributed by atoms with van der Waals surface area (Å²) in [5.74, 6) is 0.626. The van der Waals surface area contributed by atoms with Crippen molar-refractivity contribution in [2.24, 2.45) is 0 Å². The minimum atomic E-state index is 0.626. The Balaban J connectivity index is 2.25. The monoisotopic (exact) mass is 199 g/mol. The van der Waals surface area contributed by atoms with Gasteiger partial charge in [-0.25, -0.2) is 0 Å². The van der Waals surface area contributed by atoms with Crippen molar-refractivity contribution in [3.05, 3.63) is 35.0 Å². The molecule has 0 spiro atoms. The van der Waals surface area contributed by atoms with Crippen molar-refractivity contribution in [2.45, 2.75) is 39.0 Å². The number of aromatic amines is 1. The Bertz CT molecular complexity index is 505. The van der Waals surface area contributed by atoms with Gasteiger partial charge in [0.15, 0.2) is 0 Å². The summed E-state index contributed by atoms with van der Waals surface area (Å²) >= 11 is 0. The van der Waals surface area contributed by atoms with E-state index < -0.39 is 0 Å². The topological polar surface area (TPSA) is 15.8 Å². The Morgan fingerprint density at radius 3 is 2.87 bits per heavy atom. The molecule has 0 aliphatic heterocycles. The lowest BCUT2D eigenvalue weighted by atomic mass is 10.00. The van der Waals surface area contributed by atoms with Gasteiger partial charge in [-0.2, -0.15) is 0 Å². The van der Waals surface area contributed by atoms with Crippen molar-refractivity contribution in [3.63, 3.8) is 0 Å². The molecule has 1 aliphatic carbocycles. The van der Waals surface area contributed by atoms with Crippen molar-refractivity contribution in [1.29, 1.82) is 0 Å². The number of hydrogen-bond acceptors (Lipinski definition) is 0. The maximum absolute atomic E-state index is 3.54. The Kier molecular flexibility index (Phi) is 1.88. The fraction of sp³-hybridized carbons (Fsp3) is 0.429.